The van der Waals surface area contributed by atoms with Crippen molar-refractivity contribution in [1.82, 2.24) is 0 Å². The van der Waals surface area contributed by atoms with Crippen molar-refractivity contribution in [1.29, 1.82) is 0 Å². The lowest BCUT2D eigenvalue weighted by atomic mass is 10.0. The summed E-state index contributed by atoms with van der Waals surface area (Å²) in [5.74, 6) is 0. The Labute approximate surface area is 73.6 Å². The first kappa shape index (κ1) is 9.07. The van der Waals surface area contributed by atoms with Crippen LogP contribution >= 0.6 is 0 Å². The summed E-state index contributed by atoms with van der Waals surface area (Å²) in [7, 11) is 0. The highest BCUT2D eigenvalue weighted by molar-refractivity contribution is 5.54. The van der Waals surface area contributed by atoms with Gasteiger partial charge in [-0.25, -0.2) is 0 Å². The van der Waals surface area contributed by atoms with Crippen molar-refractivity contribution in [3.8, 4) is 0 Å². The van der Waals surface area contributed by atoms with Crippen molar-refractivity contribution in [3.05, 3.63) is 29.3 Å². The molecule has 1 aromatic carbocycles. The Balaban J connectivity index is 3.07. The zero-order valence-electron chi connectivity index (χ0n) is 7.67. The van der Waals surface area contributed by atoms with Crippen LogP contribution in [0.25, 0.3) is 0 Å². The molecule has 0 fully saturated rings. The van der Waals surface area contributed by atoms with Crippen LogP contribution in [0.3, 0.4) is 0 Å². The number of hydrogen-bond acceptors (Lipinski definition) is 2. The fourth-order valence-electron chi connectivity index (χ4n) is 1.25. The molecule has 0 heterocycles. The predicted molar refractivity (Wildman–Crippen MR) is 52.8 cm³/mol. The molecule has 0 aromatic heterocycles. The fourth-order valence-corrected chi connectivity index (χ4v) is 1.25. The lowest BCUT2D eigenvalue weighted by Gasteiger charge is -2.13. The van der Waals surface area contributed by atoms with Gasteiger partial charge in [0.25, 0.3) is 0 Å². The third-order valence-corrected chi connectivity index (χ3v) is 2.20. The molecule has 0 bridgehead atoms. The third kappa shape index (κ3) is 1.59. The van der Waals surface area contributed by atoms with E-state index in [-0.39, 0.29) is 6.04 Å². The van der Waals surface area contributed by atoms with Crippen molar-refractivity contribution >= 4 is 5.69 Å². The molecule has 1 rings (SSSR count). The summed E-state index contributed by atoms with van der Waals surface area (Å²) in [4.78, 5) is 0. The number of anilines is 1. The lowest BCUT2D eigenvalue weighted by Crippen LogP contribution is -2.11. The van der Waals surface area contributed by atoms with E-state index >= 15 is 0 Å². The average molecular weight is 164 g/mol. The Morgan fingerprint density at radius 1 is 1.42 bits per heavy atom. The molecular weight excluding hydrogens is 148 g/mol. The molecule has 0 saturated heterocycles. The number of para-hydroxylation sites is 1. The van der Waals surface area contributed by atoms with Gasteiger partial charge in [-0.1, -0.05) is 25.1 Å². The van der Waals surface area contributed by atoms with Crippen LogP contribution in [0.1, 0.15) is 30.5 Å². The van der Waals surface area contributed by atoms with Crippen molar-refractivity contribution in [2.24, 2.45) is 5.73 Å². The topological polar surface area (TPSA) is 52.0 Å². The van der Waals surface area contributed by atoms with Gasteiger partial charge < -0.3 is 11.5 Å². The smallest absolute Gasteiger partial charge is 0.0392 e. The van der Waals surface area contributed by atoms with Gasteiger partial charge in [-0.05, 0) is 24.5 Å². The maximum Gasteiger partial charge on any atom is 0.0392 e. The molecule has 0 aliphatic heterocycles. The summed E-state index contributed by atoms with van der Waals surface area (Å²) in [5.41, 5.74) is 14.8. The van der Waals surface area contributed by atoms with Gasteiger partial charge >= 0.3 is 0 Å². The quantitative estimate of drug-likeness (QED) is 0.657. The largest absolute Gasteiger partial charge is 0.398 e. The Kier molecular flexibility index (Phi) is 2.71. The third-order valence-electron chi connectivity index (χ3n) is 2.20. The lowest BCUT2D eigenvalue weighted by molar-refractivity contribution is 0.700. The Bertz CT molecular complexity index is 269. The molecular formula is C10H16N2. The van der Waals surface area contributed by atoms with E-state index in [1.54, 1.807) is 0 Å². The highest BCUT2D eigenvalue weighted by Gasteiger charge is 2.07. The molecule has 1 atom stereocenters. The van der Waals surface area contributed by atoms with E-state index in [1.807, 2.05) is 25.1 Å². The van der Waals surface area contributed by atoms with Crippen LogP contribution in [-0.2, 0) is 0 Å². The maximum atomic E-state index is 5.88. The number of aryl methyl sites for hydroxylation is 1. The van der Waals surface area contributed by atoms with Crippen LogP contribution in [0.5, 0.6) is 0 Å². The highest BCUT2D eigenvalue weighted by Crippen LogP contribution is 2.23. The van der Waals surface area contributed by atoms with Crippen LogP contribution in [0.15, 0.2) is 18.2 Å². The van der Waals surface area contributed by atoms with E-state index in [2.05, 4.69) is 6.92 Å². The number of benzene rings is 1. The first-order valence-corrected chi connectivity index (χ1v) is 4.27. The number of rotatable bonds is 2. The van der Waals surface area contributed by atoms with Gasteiger partial charge in [0.1, 0.15) is 0 Å². The van der Waals surface area contributed by atoms with Gasteiger partial charge in [0.2, 0.25) is 0 Å². The second kappa shape index (κ2) is 3.59. The summed E-state index contributed by atoms with van der Waals surface area (Å²) in [6.45, 7) is 4.06. The molecule has 1 unspecified atom stereocenters. The van der Waals surface area contributed by atoms with Gasteiger partial charge in [-0.2, -0.15) is 0 Å². The molecule has 0 saturated carbocycles. The standard InChI is InChI=1S/C10H16N2/c1-3-9(11)8-6-4-5-7(2)10(8)12/h4-6,9H,3,11-12H2,1-2H3. The van der Waals surface area contributed by atoms with Crippen LogP contribution in [-0.4, -0.2) is 0 Å². The van der Waals surface area contributed by atoms with Gasteiger partial charge in [0.05, 0.1) is 0 Å². The van der Waals surface area contributed by atoms with Crippen molar-refractivity contribution in [2.75, 3.05) is 5.73 Å². The molecule has 0 spiro atoms. The summed E-state index contributed by atoms with van der Waals surface area (Å²) in [5, 5.41) is 0. The molecule has 0 aliphatic carbocycles. The number of nitrogen functional groups attached to an aromatic ring is 1. The first-order valence-electron chi connectivity index (χ1n) is 4.27. The second-order valence-corrected chi connectivity index (χ2v) is 3.09. The van der Waals surface area contributed by atoms with Gasteiger partial charge in [0, 0.05) is 11.7 Å². The first-order chi connectivity index (χ1) is 5.66. The minimum Gasteiger partial charge on any atom is -0.398 e. The fraction of sp³-hybridized carbons (Fsp3) is 0.400. The minimum atomic E-state index is 0.0740. The van der Waals surface area contributed by atoms with Crippen LogP contribution in [0.4, 0.5) is 5.69 Å². The van der Waals surface area contributed by atoms with E-state index in [4.69, 9.17) is 11.5 Å². The molecule has 1 aromatic rings. The zero-order chi connectivity index (χ0) is 9.14. The van der Waals surface area contributed by atoms with Crippen LogP contribution in [0.2, 0.25) is 0 Å². The number of hydrogen-bond donors (Lipinski definition) is 2. The Morgan fingerprint density at radius 2 is 2.08 bits per heavy atom. The SMILES string of the molecule is CCC(N)c1cccc(C)c1N. The molecule has 0 radical (unpaired) electrons. The van der Waals surface area contributed by atoms with Crippen molar-refractivity contribution in [2.45, 2.75) is 26.3 Å². The molecule has 2 nitrogen and oxygen atoms in total. The molecule has 0 aliphatic rings. The molecule has 4 N–H and O–H groups in total. The van der Waals surface area contributed by atoms with Crippen molar-refractivity contribution in [3.63, 3.8) is 0 Å². The molecule has 0 amide bonds. The predicted octanol–water partition coefficient (Wildman–Crippen LogP) is 1.99. The summed E-state index contributed by atoms with van der Waals surface area (Å²) < 4.78 is 0. The van der Waals surface area contributed by atoms with Crippen LogP contribution in [0, 0.1) is 6.92 Å². The minimum absolute atomic E-state index is 0.0740. The van der Waals surface area contributed by atoms with E-state index in [9.17, 15) is 0 Å². The van der Waals surface area contributed by atoms with Gasteiger partial charge in [0.15, 0.2) is 0 Å². The number of nitrogens with two attached hydrogens (primary N) is 2. The molecule has 66 valence electrons. The zero-order valence-corrected chi connectivity index (χ0v) is 7.67. The van der Waals surface area contributed by atoms with Crippen molar-refractivity contribution < 1.29 is 0 Å². The summed E-state index contributed by atoms with van der Waals surface area (Å²) >= 11 is 0. The second-order valence-electron chi connectivity index (χ2n) is 3.09. The van der Waals surface area contributed by atoms with E-state index < -0.39 is 0 Å². The van der Waals surface area contributed by atoms with Crippen LogP contribution < -0.4 is 11.5 Å². The van der Waals surface area contributed by atoms with E-state index in [1.165, 1.54) is 0 Å². The summed E-state index contributed by atoms with van der Waals surface area (Å²) in [6.07, 6.45) is 0.924. The molecule has 2 heteroatoms. The average Bonchev–Trinajstić information content (AvgIpc) is 2.08. The maximum absolute atomic E-state index is 5.88. The highest BCUT2D eigenvalue weighted by atomic mass is 14.7. The van der Waals surface area contributed by atoms with E-state index in [0.29, 0.717) is 0 Å². The Hall–Kier alpha value is -1.02. The van der Waals surface area contributed by atoms with Gasteiger partial charge in [-0.3, -0.25) is 0 Å². The Morgan fingerprint density at radius 3 is 2.67 bits per heavy atom. The van der Waals surface area contributed by atoms with E-state index in [0.717, 1.165) is 23.2 Å². The normalized spacial score (nSPS) is 12.9. The monoisotopic (exact) mass is 164 g/mol. The summed E-state index contributed by atoms with van der Waals surface area (Å²) in [6, 6.07) is 6.07. The van der Waals surface area contributed by atoms with Gasteiger partial charge in [-0.15, -0.1) is 0 Å². The molecule has 12 heavy (non-hydrogen) atoms.